The third-order valence-corrected chi connectivity index (χ3v) is 6.34. The highest BCUT2D eigenvalue weighted by molar-refractivity contribution is 7.93. The predicted octanol–water partition coefficient (Wildman–Crippen LogP) is 1.08. The van der Waals surface area contributed by atoms with Crippen LogP contribution in [0.15, 0.2) is 0 Å². The summed E-state index contributed by atoms with van der Waals surface area (Å²) in [5.74, 6) is -1.39. The van der Waals surface area contributed by atoms with E-state index in [1.807, 2.05) is 6.92 Å². The summed E-state index contributed by atoms with van der Waals surface area (Å²) < 4.78 is 27.8. The van der Waals surface area contributed by atoms with Crippen molar-refractivity contribution in [3.8, 4) is 0 Å². The molecule has 0 aliphatic carbocycles. The Morgan fingerprint density at radius 1 is 1.35 bits per heavy atom. The molecule has 6 heteroatoms. The maximum absolute atomic E-state index is 12.1. The van der Waals surface area contributed by atoms with Crippen LogP contribution in [-0.2, 0) is 19.4 Å². The average molecular weight is 264 g/mol. The molecular formula is C11H20O5S. The third-order valence-electron chi connectivity index (χ3n) is 3.53. The van der Waals surface area contributed by atoms with Crippen LogP contribution in [0.25, 0.3) is 0 Å². The SMILES string of the molecule is CC1(CS(=O)(=O)C(C)(C)C(=O)O)CCOCC1. The van der Waals surface area contributed by atoms with Crippen molar-refractivity contribution in [3.63, 3.8) is 0 Å². The van der Waals surface area contributed by atoms with Crippen molar-refractivity contribution in [2.75, 3.05) is 19.0 Å². The summed E-state index contributed by atoms with van der Waals surface area (Å²) in [5.41, 5.74) is -0.371. The highest BCUT2D eigenvalue weighted by Gasteiger charge is 2.45. The van der Waals surface area contributed by atoms with Gasteiger partial charge in [-0.1, -0.05) is 6.92 Å². The van der Waals surface area contributed by atoms with Gasteiger partial charge in [0.15, 0.2) is 14.6 Å². The summed E-state index contributed by atoms with van der Waals surface area (Å²) >= 11 is 0. The number of ether oxygens (including phenoxy) is 1. The van der Waals surface area contributed by atoms with E-state index in [4.69, 9.17) is 9.84 Å². The highest BCUT2D eigenvalue weighted by Crippen LogP contribution is 2.34. The van der Waals surface area contributed by atoms with Gasteiger partial charge in [-0.05, 0) is 32.1 Å². The van der Waals surface area contributed by atoms with E-state index in [0.717, 1.165) is 0 Å². The Hall–Kier alpha value is -0.620. The number of sulfone groups is 1. The Morgan fingerprint density at radius 3 is 2.24 bits per heavy atom. The summed E-state index contributed by atoms with van der Waals surface area (Å²) in [5, 5.41) is 8.99. The maximum Gasteiger partial charge on any atom is 0.324 e. The van der Waals surface area contributed by atoms with Crippen molar-refractivity contribution in [1.29, 1.82) is 0 Å². The zero-order valence-corrected chi connectivity index (χ0v) is 11.3. The number of hydrogen-bond donors (Lipinski definition) is 1. The molecule has 1 rings (SSSR count). The molecule has 17 heavy (non-hydrogen) atoms. The van der Waals surface area contributed by atoms with Crippen molar-refractivity contribution in [3.05, 3.63) is 0 Å². The Labute approximate surface area is 102 Å². The van der Waals surface area contributed by atoms with E-state index in [2.05, 4.69) is 0 Å². The van der Waals surface area contributed by atoms with Gasteiger partial charge < -0.3 is 9.84 Å². The lowest BCUT2D eigenvalue weighted by Crippen LogP contribution is -2.46. The molecule has 0 unspecified atom stereocenters. The van der Waals surface area contributed by atoms with Crippen LogP contribution in [0.1, 0.15) is 33.6 Å². The summed E-state index contributed by atoms with van der Waals surface area (Å²) in [6, 6.07) is 0. The van der Waals surface area contributed by atoms with Gasteiger partial charge >= 0.3 is 5.97 Å². The number of carboxylic acid groups (broad SMARTS) is 1. The summed E-state index contributed by atoms with van der Waals surface area (Å²) in [6.45, 7) is 5.45. The molecule has 1 aliphatic rings. The molecule has 0 spiro atoms. The smallest absolute Gasteiger partial charge is 0.324 e. The first-order valence-electron chi connectivity index (χ1n) is 5.64. The van der Waals surface area contributed by atoms with Crippen LogP contribution < -0.4 is 0 Å². The molecular weight excluding hydrogens is 244 g/mol. The topological polar surface area (TPSA) is 80.7 Å². The monoisotopic (exact) mass is 264 g/mol. The van der Waals surface area contributed by atoms with Gasteiger partial charge in [-0.2, -0.15) is 0 Å². The highest BCUT2D eigenvalue weighted by atomic mass is 32.2. The summed E-state index contributed by atoms with van der Waals surface area (Å²) in [7, 11) is -3.67. The fourth-order valence-corrected chi connectivity index (χ4v) is 3.61. The second kappa shape index (κ2) is 4.57. The van der Waals surface area contributed by atoms with Crippen LogP contribution in [0.5, 0.6) is 0 Å². The van der Waals surface area contributed by atoms with E-state index in [9.17, 15) is 13.2 Å². The van der Waals surface area contributed by atoms with Crippen LogP contribution in [-0.4, -0.2) is 43.2 Å². The van der Waals surface area contributed by atoms with Gasteiger partial charge in [0.2, 0.25) is 0 Å². The molecule has 5 nitrogen and oxygen atoms in total. The lowest BCUT2D eigenvalue weighted by molar-refractivity contribution is -0.139. The standard InChI is InChI=1S/C11H20O5S/c1-10(2,9(12)13)17(14,15)8-11(3)4-6-16-7-5-11/h4-8H2,1-3H3,(H,12,13). The van der Waals surface area contributed by atoms with Gasteiger partial charge in [-0.25, -0.2) is 8.42 Å². The molecule has 0 amide bonds. The lowest BCUT2D eigenvalue weighted by Gasteiger charge is -2.35. The van der Waals surface area contributed by atoms with Crippen molar-refractivity contribution < 1.29 is 23.1 Å². The number of hydrogen-bond acceptors (Lipinski definition) is 4. The minimum Gasteiger partial charge on any atom is -0.480 e. The van der Waals surface area contributed by atoms with Crippen molar-refractivity contribution in [2.24, 2.45) is 5.41 Å². The van der Waals surface area contributed by atoms with E-state index in [1.165, 1.54) is 13.8 Å². The zero-order valence-electron chi connectivity index (χ0n) is 10.5. The van der Waals surface area contributed by atoms with Gasteiger partial charge in [0.1, 0.15) is 0 Å². The Kier molecular flexibility index (Phi) is 3.88. The Bertz CT molecular complexity index is 390. The van der Waals surface area contributed by atoms with E-state index in [1.54, 1.807) is 0 Å². The zero-order chi connectivity index (χ0) is 13.3. The third kappa shape index (κ3) is 2.98. The van der Waals surface area contributed by atoms with Crippen LogP contribution in [0.4, 0.5) is 0 Å². The van der Waals surface area contributed by atoms with E-state index >= 15 is 0 Å². The maximum atomic E-state index is 12.1. The Morgan fingerprint density at radius 2 is 1.82 bits per heavy atom. The molecule has 1 fully saturated rings. The first-order chi connectivity index (χ1) is 7.61. The van der Waals surface area contributed by atoms with E-state index < -0.39 is 20.6 Å². The number of carboxylic acids is 1. The van der Waals surface area contributed by atoms with Gasteiger partial charge in [0.25, 0.3) is 0 Å². The quantitative estimate of drug-likeness (QED) is 0.821. The summed E-state index contributed by atoms with van der Waals surface area (Å²) in [6.07, 6.45) is 1.31. The average Bonchev–Trinajstić information content (AvgIpc) is 2.16. The fourth-order valence-electron chi connectivity index (χ4n) is 1.78. The van der Waals surface area contributed by atoms with Crippen molar-refractivity contribution in [1.82, 2.24) is 0 Å². The van der Waals surface area contributed by atoms with Crippen molar-refractivity contribution in [2.45, 2.75) is 38.4 Å². The first kappa shape index (κ1) is 14.4. The van der Waals surface area contributed by atoms with Crippen LogP contribution in [0.2, 0.25) is 0 Å². The minimum absolute atomic E-state index is 0.0946. The molecule has 100 valence electrons. The minimum atomic E-state index is -3.67. The molecule has 1 saturated heterocycles. The molecule has 0 bridgehead atoms. The second-order valence-corrected chi connectivity index (χ2v) is 8.04. The van der Waals surface area contributed by atoms with Crippen molar-refractivity contribution >= 4 is 15.8 Å². The second-order valence-electron chi connectivity index (χ2n) is 5.50. The molecule has 0 aromatic carbocycles. The van der Waals surface area contributed by atoms with Gasteiger partial charge in [-0.15, -0.1) is 0 Å². The molecule has 1 aliphatic heterocycles. The fraction of sp³-hybridized carbons (Fsp3) is 0.909. The number of carbonyl (C=O) groups is 1. The molecule has 1 N–H and O–H groups in total. The molecule has 0 aromatic heterocycles. The predicted molar refractivity (Wildman–Crippen MR) is 63.7 cm³/mol. The van der Waals surface area contributed by atoms with Crippen LogP contribution in [0, 0.1) is 5.41 Å². The van der Waals surface area contributed by atoms with E-state index in [0.29, 0.717) is 26.1 Å². The van der Waals surface area contributed by atoms with Crippen LogP contribution >= 0.6 is 0 Å². The summed E-state index contributed by atoms with van der Waals surface area (Å²) in [4.78, 5) is 11.0. The normalized spacial score (nSPS) is 21.1. The molecule has 0 atom stereocenters. The number of rotatable bonds is 4. The first-order valence-corrected chi connectivity index (χ1v) is 7.29. The molecule has 1 heterocycles. The largest absolute Gasteiger partial charge is 0.480 e. The van der Waals surface area contributed by atoms with Gasteiger partial charge in [-0.3, -0.25) is 4.79 Å². The van der Waals surface area contributed by atoms with Gasteiger partial charge in [0, 0.05) is 13.2 Å². The number of aliphatic carboxylic acids is 1. The molecule has 0 aromatic rings. The van der Waals surface area contributed by atoms with Crippen LogP contribution in [0.3, 0.4) is 0 Å². The molecule has 0 radical (unpaired) electrons. The van der Waals surface area contributed by atoms with E-state index in [-0.39, 0.29) is 11.2 Å². The van der Waals surface area contributed by atoms with Gasteiger partial charge in [0.05, 0.1) is 5.75 Å². The Balaban J connectivity index is 2.89. The lowest BCUT2D eigenvalue weighted by atomic mass is 9.85. The molecule has 0 saturated carbocycles.